The number of hydrogen-bond donors (Lipinski definition) is 3. The van der Waals surface area contributed by atoms with E-state index in [1.807, 2.05) is 38.1 Å². The number of hydrogen-bond acceptors (Lipinski definition) is 7. The average Bonchev–Trinajstić information content (AvgIpc) is 2.79. The second-order valence-corrected chi connectivity index (χ2v) is 7.35. The topological polar surface area (TPSA) is 140 Å². The highest BCUT2D eigenvalue weighted by Crippen LogP contribution is 2.24. The van der Waals surface area contributed by atoms with Crippen LogP contribution in [0.3, 0.4) is 0 Å². The molecular weight excluding hydrogens is 424 g/mol. The minimum absolute atomic E-state index is 0.0265. The van der Waals surface area contributed by atoms with Crippen molar-refractivity contribution in [3.05, 3.63) is 41.2 Å². The van der Waals surface area contributed by atoms with Crippen molar-refractivity contribution in [2.24, 2.45) is 5.73 Å². The summed E-state index contributed by atoms with van der Waals surface area (Å²) in [5, 5.41) is 5.92. The van der Waals surface area contributed by atoms with Crippen LogP contribution in [0, 0.1) is 0 Å². The molecule has 0 spiro atoms. The maximum atomic E-state index is 12.0. The Morgan fingerprint density at radius 3 is 2.55 bits per heavy atom. The summed E-state index contributed by atoms with van der Waals surface area (Å²) in [4.78, 5) is 45.7. The summed E-state index contributed by atoms with van der Waals surface area (Å²) in [5.41, 5.74) is 7.77. The summed E-state index contributed by atoms with van der Waals surface area (Å²) >= 11 is 0. The zero-order valence-corrected chi connectivity index (χ0v) is 19.6. The van der Waals surface area contributed by atoms with Crippen molar-refractivity contribution in [3.63, 3.8) is 0 Å². The van der Waals surface area contributed by atoms with Gasteiger partial charge in [0, 0.05) is 25.7 Å². The number of carbonyl (C=O) groups is 3. The van der Waals surface area contributed by atoms with E-state index in [0.717, 1.165) is 5.56 Å². The van der Waals surface area contributed by atoms with E-state index in [1.165, 1.54) is 4.90 Å². The molecule has 4 N–H and O–H groups in total. The van der Waals surface area contributed by atoms with Gasteiger partial charge in [-0.3, -0.25) is 14.4 Å². The summed E-state index contributed by atoms with van der Waals surface area (Å²) in [6.45, 7) is 6.36. The molecule has 0 radical (unpaired) electrons. The molecule has 2 rings (SSSR count). The molecule has 178 valence electrons. The van der Waals surface area contributed by atoms with E-state index in [-0.39, 0.29) is 29.9 Å². The normalized spacial score (nSPS) is 10.4. The van der Waals surface area contributed by atoms with E-state index >= 15 is 0 Å². The van der Waals surface area contributed by atoms with Crippen LogP contribution in [0.25, 0.3) is 0 Å². The summed E-state index contributed by atoms with van der Waals surface area (Å²) in [5.74, 6) is -0.403. The number of nitrogens with two attached hydrogens (primary N) is 1. The van der Waals surface area contributed by atoms with Crippen molar-refractivity contribution < 1.29 is 19.1 Å². The third-order valence-corrected chi connectivity index (χ3v) is 4.82. The van der Waals surface area contributed by atoms with E-state index in [9.17, 15) is 14.4 Å². The summed E-state index contributed by atoms with van der Waals surface area (Å²) in [6.07, 6.45) is 1.49. The fourth-order valence-corrected chi connectivity index (χ4v) is 3.11. The Morgan fingerprint density at radius 1 is 1.15 bits per heavy atom. The first-order valence-electron chi connectivity index (χ1n) is 11.0. The minimum atomic E-state index is -0.687. The number of anilines is 2. The largest absolute Gasteiger partial charge is 0.477 e. The predicted octanol–water partition coefficient (Wildman–Crippen LogP) is 1.81. The van der Waals surface area contributed by atoms with Gasteiger partial charge in [-0.25, -0.2) is 4.98 Å². The molecule has 1 aromatic carbocycles. The van der Waals surface area contributed by atoms with Crippen LogP contribution in [0.5, 0.6) is 5.88 Å². The minimum Gasteiger partial charge on any atom is -0.477 e. The van der Waals surface area contributed by atoms with Gasteiger partial charge in [-0.2, -0.15) is 4.98 Å². The summed E-state index contributed by atoms with van der Waals surface area (Å²) in [6, 6.07) is 7.50. The number of benzene rings is 1. The monoisotopic (exact) mass is 456 g/mol. The molecule has 0 unspecified atom stereocenters. The summed E-state index contributed by atoms with van der Waals surface area (Å²) in [7, 11) is 1.60. The van der Waals surface area contributed by atoms with Crippen molar-refractivity contribution >= 4 is 29.2 Å². The SMILES string of the molecule is CCOc1nc(Nc2cccc(CCNC(=O)CN(C)C(=O)CC)c2)c(C(N)=O)nc1CC. The van der Waals surface area contributed by atoms with Crippen LogP contribution >= 0.6 is 0 Å². The highest BCUT2D eigenvalue weighted by molar-refractivity contribution is 5.96. The lowest BCUT2D eigenvalue weighted by molar-refractivity contribution is -0.134. The molecule has 0 saturated heterocycles. The molecule has 1 aromatic heterocycles. The smallest absolute Gasteiger partial charge is 0.271 e. The average molecular weight is 457 g/mol. The van der Waals surface area contributed by atoms with Crippen molar-refractivity contribution in [1.29, 1.82) is 0 Å². The van der Waals surface area contributed by atoms with Gasteiger partial charge in [-0.15, -0.1) is 0 Å². The maximum absolute atomic E-state index is 12.0. The zero-order chi connectivity index (χ0) is 24.4. The number of likely N-dealkylation sites (N-methyl/N-ethyl adjacent to an activating group) is 1. The fourth-order valence-electron chi connectivity index (χ4n) is 3.11. The Hall–Kier alpha value is -3.69. The van der Waals surface area contributed by atoms with Crippen LogP contribution in [0.1, 0.15) is 48.9 Å². The molecule has 0 aliphatic rings. The third-order valence-electron chi connectivity index (χ3n) is 4.82. The Bertz CT molecular complexity index is 995. The molecule has 0 fully saturated rings. The molecule has 0 saturated carbocycles. The molecule has 10 nitrogen and oxygen atoms in total. The first-order valence-corrected chi connectivity index (χ1v) is 11.0. The van der Waals surface area contributed by atoms with Gasteiger partial charge in [-0.1, -0.05) is 26.0 Å². The van der Waals surface area contributed by atoms with E-state index in [2.05, 4.69) is 20.6 Å². The van der Waals surface area contributed by atoms with Crippen LogP contribution in [-0.2, 0) is 22.4 Å². The molecule has 10 heteroatoms. The van der Waals surface area contributed by atoms with Crippen molar-refractivity contribution in [3.8, 4) is 5.88 Å². The quantitative estimate of drug-likeness (QED) is 0.442. The number of nitrogens with one attached hydrogen (secondary N) is 2. The molecule has 0 aliphatic heterocycles. The summed E-state index contributed by atoms with van der Waals surface area (Å²) < 4.78 is 5.56. The Kier molecular flexibility index (Phi) is 9.59. The van der Waals surface area contributed by atoms with Gasteiger partial charge in [0.15, 0.2) is 11.5 Å². The Morgan fingerprint density at radius 2 is 1.91 bits per heavy atom. The van der Waals surface area contributed by atoms with Gasteiger partial charge in [0.2, 0.25) is 17.7 Å². The molecular formula is C23H32N6O4. The van der Waals surface area contributed by atoms with Crippen LogP contribution < -0.4 is 21.1 Å². The fraction of sp³-hybridized carbons (Fsp3) is 0.435. The zero-order valence-electron chi connectivity index (χ0n) is 19.6. The van der Waals surface area contributed by atoms with Crippen LogP contribution in [0.4, 0.5) is 11.5 Å². The van der Waals surface area contributed by atoms with E-state index < -0.39 is 5.91 Å². The third kappa shape index (κ3) is 7.44. The molecule has 0 aliphatic carbocycles. The second-order valence-electron chi connectivity index (χ2n) is 7.35. The first kappa shape index (κ1) is 25.6. The first-order chi connectivity index (χ1) is 15.8. The Balaban J connectivity index is 2.08. The Labute approximate surface area is 193 Å². The van der Waals surface area contributed by atoms with Gasteiger partial charge in [0.05, 0.1) is 13.2 Å². The van der Waals surface area contributed by atoms with Crippen molar-refractivity contribution in [2.45, 2.75) is 40.0 Å². The highest BCUT2D eigenvalue weighted by atomic mass is 16.5. The second kappa shape index (κ2) is 12.4. The van der Waals surface area contributed by atoms with Crippen LogP contribution in [0.15, 0.2) is 24.3 Å². The number of nitrogens with zero attached hydrogens (tertiary/aromatic N) is 3. The number of primary amides is 1. The van der Waals surface area contributed by atoms with Crippen LogP contribution in [0.2, 0.25) is 0 Å². The lowest BCUT2D eigenvalue weighted by atomic mass is 10.1. The molecule has 0 atom stereocenters. The number of ether oxygens (including phenoxy) is 1. The van der Waals surface area contributed by atoms with Gasteiger partial charge in [0.1, 0.15) is 5.69 Å². The number of carbonyl (C=O) groups excluding carboxylic acids is 3. The standard InChI is InChI=1S/C23H32N6O4/c1-5-17-23(33-7-3)28-22(20(27-17)21(24)32)26-16-10-8-9-15(13-16)11-12-25-18(30)14-29(4)19(31)6-2/h8-10,13H,5-7,11-12,14H2,1-4H3,(H2,24,32)(H,25,30)(H,26,28). The van der Waals surface area contributed by atoms with Crippen LogP contribution in [-0.4, -0.2) is 59.3 Å². The molecule has 1 heterocycles. The van der Waals surface area contributed by atoms with Crippen molar-refractivity contribution in [2.75, 3.05) is 32.1 Å². The molecule has 2 aromatic rings. The molecule has 3 amide bonds. The molecule has 33 heavy (non-hydrogen) atoms. The van der Waals surface area contributed by atoms with E-state index in [4.69, 9.17) is 10.5 Å². The highest BCUT2D eigenvalue weighted by Gasteiger charge is 2.18. The lowest BCUT2D eigenvalue weighted by Gasteiger charge is -2.16. The number of amides is 3. The number of rotatable bonds is 12. The maximum Gasteiger partial charge on any atom is 0.271 e. The van der Waals surface area contributed by atoms with Gasteiger partial charge < -0.3 is 26.0 Å². The van der Waals surface area contributed by atoms with E-state index in [1.54, 1.807) is 14.0 Å². The van der Waals surface area contributed by atoms with Crippen molar-refractivity contribution in [1.82, 2.24) is 20.2 Å². The van der Waals surface area contributed by atoms with Gasteiger partial charge in [-0.05, 0) is 37.5 Å². The molecule has 0 bridgehead atoms. The lowest BCUT2D eigenvalue weighted by Crippen LogP contribution is -2.38. The number of aryl methyl sites for hydroxylation is 1. The van der Waals surface area contributed by atoms with Gasteiger partial charge in [0.25, 0.3) is 5.91 Å². The predicted molar refractivity (Wildman–Crippen MR) is 125 cm³/mol. The number of aromatic nitrogens is 2. The van der Waals surface area contributed by atoms with Gasteiger partial charge >= 0.3 is 0 Å². The van der Waals surface area contributed by atoms with E-state index in [0.29, 0.717) is 49.7 Å².